The fourth-order valence-electron chi connectivity index (χ4n) is 2.65. The average Bonchev–Trinajstić information content (AvgIpc) is 3.28. The molecule has 3 aromatic heterocycles. The number of nitrogens with zero attached hydrogens (tertiary/aromatic N) is 6. The van der Waals surface area contributed by atoms with Gasteiger partial charge in [-0.05, 0) is 18.2 Å². The Hall–Kier alpha value is -3.55. The maximum absolute atomic E-state index is 12.7. The standard InChI is InChI=1S/C18H16N6O2/c1-23(11-16-21-22-17(26-16)12-6-4-3-5-7-12)18(25)13-8-15-14(19-9-13)10-20-24(15)2/h3-10H,11H2,1-2H3. The highest BCUT2D eigenvalue weighted by Crippen LogP contribution is 2.18. The van der Waals surface area contributed by atoms with Crippen LogP contribution in [0.15, 0.2) is 53.2 Å². The van der Waals surface area contributed by atoms with Gasteiger partial charge in [0.15, 0.2) is 0 Å². The molecule has 8 nitrogen and oxygen atoms in total. The van der Waals surface area contributed by atoms with E-state index in [4.69, 9.17) is 4.42 Å². The highest BCUT2D eigenvalue weighted by molar-refractivity contribution is 5.96. The Kier molecular flexibility index (Phi) is 3.92. The second-order valence-corrected chi connectivity index (χ2v) is 5.92. The van der Waals surface area contributed by atoms with Crippen molar-refractivity contribution in [2.75, 3.05) is 7.05 Å². The van der Waals surface area contributed by atoms with Crippen LogP contribution < -0.4 is 0 Å². The largest absolute Gasteiger partial charge is 0.419 e. The Morgan fingerprint density at radius 1 is 1.19 bits per heavy atom. The first-order valence-electron chi connectivity index (χ1n) is 8.03. The number of hydrogen-bond acceptors (Lipinski definition) is 6. The van der Waals surface area contributed by atoms with Crippen LogP contribution in [-0.2, 0) is 13.6 Å². The summed E-state index contributed by atoms with van der Waals surface area (Å²) in [5.41, 5.74) is 2.86. The van der Waals surface area contributed by atoms with Crippen molar-refractivity contribution in [2.45, 2.75) is 6.54 Å². The van der Waals surface area contributed by atoms with E-state index in [0.29, 0.717) is 17.3 Å². The summed E-state index contributed by atoms with van der Waals surface area (Å²) in [6.45, 7) is 0.210. The van der Waals surface area contributed by atoms with Crippen LogP contribution in [0, 0.1) is 0 Å². The van der Waals surface area contributed by atoms with E-state index in [1.807, 2.05) is 37.4 Å². The lowest BCUT2D eigenvalue weighted by atomic mass is 10.2. The molecule has 8 heteroatoms. The molecule has 0 bridgehead atoms. The van der Waals surface area contributed by atoms with E-state index in [1.54, 1.807) is 30.2 Å². The number of fused-ring (bicyclic) bond motifs is 1. The summed E-state index contributed by atoms with van der Waals surface area (Å²) >= 11 is 0. The fraction of sp³-hybridized carbons (Fsp3) is 0.167. The number of carbonyl (C=O) groups is 1. The van der Waals surface area contributed by atoms with Crippen molar-refractivity contribution in [1.29, 1.82) is 0 Å². The van der Waals surface area contributed by atoms with Crippen molar-refractivity contribution in [3.63, 3.8) is 0 Å². The van der Waals surface area contributed by atoms with Gasteiger partial charge in [-0.1, -0.05) is 18.2 Å². The molecule has 0 spiro atoms. The molecular weight excluding hydrogens is 332 g/mol. The van der Waals surface area contributed by atoms with Crippen molar-refractivity contribution < 1.29 is 9.21 Å². The molecule has 0 unspecified atom stereocenters. The summed E-state index contributed by atoms with van der Waals surface area (Å²) in [4.78, 5) is 18.5. The molecule has 0 N–H and O–H groups in total. The molecule has 0 radical (unpaired) electrons. The molecule has 0 fully saturated rings. The molecule has 130 valence electrons. The number of benzene rings is 1. The summed E-state index contributed by atoms with van der Waals surface area (Å²) in [7, 11) is 3.49. The van der Waals surface area contributed by atoms with Gasteiger partial charge < -0.3 is 9.32 Å². The monoisotopic (exact) mass is 348 g/mol. The van der Waals surface area contributed by atoms with E-state index in [-0.39, 0.29) is 12.5 Å². The Balaban J connectivity index is 1.52. The smallest absolute Gasteiger partial charge is 0.255 e. The van der Waals surface area contributed by atoms with Crippen molar-refractivity contribution in [2.24, 2.45) is 7.05 Å². The third kappa shape index (κ3) is 2.92. The summed E-state index contributed by atoms with van der Waals surface area (Å²) in [5, 5.41) is 12.2. The van der Waals surface area contributed by atoms with E-state index in [2.05, 4.69) is 20.3 Å². The normalized spacial score (nSPS) is 11.0. The van der Waals surface area contributed by atoms with Crippen LogP contribution in [0.5, 0.6) is 0 Å². The molecule has 1 aromatic carbocycles. The minimum atomic E-state index is -0.180. The first-order chi connectivity index (χ1) is 12.6. The number of pyridine rings is 1. The Morgan fingerprint density at radius 3 is 2.81 bits per heavy atom. The molecule has 26 heavy (non-hydrogen) atoms. The molecule has 4 rings (SSSR count). The minimum absolute atomic E-state index is 0.180. The molecule has 0 saturated carbocycles. The van der Waals surface area contributed by atoms with Crippen LogP contribution in [0.3, 0.4) is 0 Å². The zero-order chi connectivity index (χ0) is 18.1. The minimum Gasteiger partial charge on any atom is -0.419 e. The molecular formula is C18H16N6O2. The molecule has 3 heterocycles. The van der Waals surface area contributed by atoms with Crippen LogP contribution >= 0.6 is 0 Å². The number of aromatic nitrogens is 5. The van der Waals surface area contributed by atoms with E-state index in [0.717, 1.165) is 16.6 Å². The Labute approximate surface area is 149 Å². The molecule has 0 saturated heterocycles. The maximum Gasteiger partial charge on any atom is 0.255 e. The third-order valence-electron chi connectivity index (χ3n) is 4.05. The third-order valence-corrected chi connectivity index (χ3v) is 4.05. The topological polar surface area (TPSA) is 89.9 Å². The van der Waals surface area contributed by atoms with Gasteiger partial charge in [-0.2, -0.15) is 5.10 Å². The molecule has 4 aromatic rings. The number of aryl methyl sites for hydroxylation is 1. The second-order valence-electron chi connectivity index (χ2n) is 5.92. The Bertz CT molecular complexity index is 1070. The highest BCUT2D eigenvalue weighted by Gasteiger charge is 2.17. The summed E-state index contributed by atoms with van der Waals surface area (Å²) < 4.78 is 7.34. The van der Waals surface area contributed by atoms with Crippen LogP contribution in [0.4, 0.5) is 0 Å². The van der Waals surface area contributed by atoms with Gasteiger partial charge in [-0.3, -0.25) is 14.5 Å². The van der Waals surface area contributed by atoms with Gasteiger partial charge in [0.2, 0.25) is 11.8 Å². The van der Waals surface area contributed by atoms with Gasteiger partial charge in [-0.15, -0.1) is 10.2 Å². The van der Waals surface area contributed by atoms with Crippen LogP contribution in [0.2, 0.25) is 0 Å². The number of hydrogen-bond donors (Lipinski definition) is 0. The van der Waals surface area contributed by atoms with Gasteiger partial charge in [0.05, 0.1) is 23.8 Å². The highest BCUT2D eigenvalue weighted by atomic mass is 16.4. The van der Waals surface area contributed by atoms with Crippen molar-refractivity contribution >= 4 is 16.9 Å². The summed E-state index contributed by atoms with van der Waals surface area (Å²) in [6.07, 6.45) is 3.21. The SMILES string of the molecule is CN(Cc1nnc(-c2ccccc2)o1)C(=O)c1cnc2cnn(C)c2c1. The van der Waals surface area contributed by atoms with Crippen molar-refractivity contribution in [3.8, 4) is 11.5 Å². The zero-order valence-corrected chi connectivity index (χ0v) is 14.3. The summed E-state index contributed by atoms with van der Waals surface area (Å²) in [6, 6.07) is 11.3. The van der Waals surface area contributed by atoms with E-state index in [9.17, 15) is 4.79 Å². The Morgan fingerprint density at radius 2 is 2.00 bits per heavy atom. The number of amides is 1. The molecule has 1 amide bonds. The lowest BCUT2D eigenvalue weighted by Crippen LogP contribution is -2.26. The summed E-state index contributed by atoms with van der Waals surface area (Å²) in [5.74, 6) is 0.619. The fourth-order valence-corrected chi connectivity index (χ4v) is 2.65. The van der Waals surface area contributed by atoms with Gasteiger partial charge >= 0.3 is 0 Å². The van der Waals surface area contributed by atoms with E-state index in [1.165, 1.54) is 4.90 Å². The van der Waals surface area contributed by atoms with Crippen molar-refractivity contribution in [3.05, 3.63) is 60.2 Å². The van der Waals surface area contributed by atoms with Crippen molar-refractivity contribution in [1.82, 2.24) is 29.9 Å². The van der Waals surface area contributed by atoms with Gasteiger partial charge in [-0.25, -0.2) is 0 Å². The average molecular weight is 348 g/mol. The van der Waals surface area contributed by atoms with E-state index < -0.39 is 0 Å². The maximum atomic E-state index is 12.7. The first kappa shape index (κ1) is 15.9. The van der Waals surface area contributed by atoms with E-state index >= 15 is 0 Å². The van der Waals surface area contributed by atoms with Gasteiger partial charge in [0.25, 0.3) is 5.91 Å². The molecule has 0 aliphatic heterocycles. The van der Waals surface area contributed by atoms with Gasteiger partial charge in [0, 0.05) is 25.9 Å². The first-order valence-corrected chi connectivity index (χ1v) is 8.03. The predicted octanol–water partition coefficient (Wildman–Crippen LogP) is 2.29. The molecule has 0 aliphatic rings. The van der Waals surface area contributed by atoms with Crippen LogP contribution in [-0.4, -0.2) is 42.8 Å². The lowest BCUT2D eigenvalue weighted by Gasteiger charge is -2.14. The van der Waals surface area contributed by atoms with Crippen LogP contribution in [0.25, 0.3) is 22.5 Å². The predicted molar refractivity (Wildman–Crippen MR) is 94.0 cm³/mol. The van der Waals surface area contributed by atoms with Gasteiger partial charge in [0.1, 0.15) is 5.52 Å². The zero-order valence-electron chi connectivity index (χ0n) is 14.3. The number of rotatable bonds is 4. The quantitative estimate of drug-likeness (QED) is 0.562. The lowest BCUT2D eigenvalue weighted by molar-refractivity contribution is 0.0773. The number of carbonyl (C=O) groups excluding carboxylic acids is 1. The molecule has 0 aliphatic carbocycles. The molecule has 0 atom stereocenters. The van der Waals surface area contributed by atoms with Crippen LogP contribution in [0.1, 0.15) is 16.2 Å². The second kappa shape index (κ2) is 6.40.